The zero-order valence-corrected chi connectivity index (χ0v) is 17.1. The van der Waals surface area contributed by atoms with Gasteiger partial charge in [0.05, 0.1) is 21.3 Å². The Labute approximate surface area is 173 Å². The Morgan fingerprint density at radius 2 is 0.800 bits per heavy atom. The SMILES string of the molecule is COC(=O)CNC(=O)C1CC(C(=O)NCC(=O)OC)CC(C(=O)NCC(=O)OC)C1. The number of ether oxygens (including phenoxy) is 3. The summed E-state index contributed by atoms with van der Waals surface area (Å²) < 4.78 is 13.4. The van der Waals surface area contributed by atoms with Crippen LogP contribution in [0.15, 0.2) is 0 Å². The Balaban J connectivity index is 2.84. The molecule has 168 valence electrons. The fourth-order valence-corrected chi connectivity index (χ4v) is 3.09. The van der Waals surface area contributed by atoms with Crippen LogP contribution in [0, 0.1) is 17.8 Å². The van der Waals surface area contributed by atoms with E-state index in [1.165, 1.54) is 21.3 Å². The first-order chi connectivity index (χ1) is 14.2. The molecule has 0 aromatic heterocycles. The lowest BCUT2D eigenvalue weighted by molar-refractivity contribution is -0.144. The lowest BCUT2D eigenvalue weighted by atomic mass is 9.74. The predicted molar refractivity (Wildman–Crippen MR) is 99.4 cm³/mol. The van der Waals surface area contributed by atoms with E-state index in [0.29, 0.717) is 0 Å². The number of hydrogen-bond acceptors (Lipinski definition) is 9. The Kier molecular flexibility index (Phi) is 10.3. The van der Waals surface area contributed by atoms with Gasteiger partial charge in [-0.25, -0.2) is 0 Å². The number of nitrogens with one attached hydrogen (secondary N) is 3. The average molecular weight is 429 g/mol. The first-order valence-corrected chi connectivity index (χ1v) is 9.25. The van der Waals surface area contributed by atoms with Crippen LogP contribution in [0.5, 0.6) is 0 Å². The Morgan fingerprint density at radius 3 is 1.00 bits per heavy atom. The molecule has 0 saturated heterocycles. The van der Waals surface area contributed by atoms with Crippen molar-refractivity contribution >= 4 is 35.6 Å². The summed E-state index contributed by atoms with van der Waals surface area (Å²) in [5, 5.41) is 7.25. The van der Waals surface area contributed by atoms with E-state index in [9.17, 15) is 28.8 Å². The van der Waals surface area contributed by atoms with Gasteiger partial charge in [-0.05, 0) is 19.3 Å². The van der Waals surface area contributed by atoms with Crippen molar-refractivity contribution in [3.05, 3.63) is 0 Å². The van der Waals surface area contributed by atoms with Gasteiger partial charge in [0.2, 0.25) is 17.7 Å². The van der Waals surface area contributed by atoms with Gasteiger partial charge >= 0.3 is 17.9 Å². The van der Waals surface area contributed by atoms with Crippen molar-refractivity contribution in [2.24, 2.45) is 17.8 Å². The van der Waals surface area contributed by atoms with Crippen molar-refractivity contribution in [3.63, 3.8) is 0 Å². The highest BCUT2D eigenvalue weighted by Gasteiger charge is 2.39. The number of carbonyl (C=O) groups excluding carboxylic acids is 6. The highest BCUT2D eigenvalue weighted by Crippen LogP contribution is 2.34. The number of amides is 3. The first kappa shape index (κ1) is 24.9. The van der Waals surface area contributed by atoms with E-state index in [1.54, 1.807) is 0 Å². The summed E-state index contributed by atoms with van der Waals surface area (Å²) in [7, 11) is 3.54. The maximum Gasteiger partial charge on any atom is 0.325 e. The molecule has 0 radical (unpaired) electrons. The highest BCUT2D eigenvalue weighted by atomic mass is 16.5. The maximum absolute atomic E-state index is 12.4. The lowest BCUT2D eigenvalue weighted by Crippen LogP contribution is -2.46. The van der Waals surface area contributed by atoms with Crippen molar-refractivity contribution in [1.82, 2.24) is 16.0 Å². The minimum atomic E-state index is -0.730. The molecule has 1 saturated carbocycles. The third-order valence-electron chi connectivity index (χ3n) is 4.72. The van der Waals surface area contributed by atoms with E-state index in [2.05, 4.69) is 30.2 Å². The summed E-state index contributed by atoms with van der Waals surface area (Å²) >= 11 is 0. The normalized spacial score (nSPS) is 20.3. The quantitative estimate of drug-likeness (QED) is 0.274. The molecule has 1 rings (SSSR count). The van der Waals surface area contributed by atoms with Crippen molar-refractivity contribution < 1.29 is 43.0 Å². The van der Waals surface area contributed by atoms with Gasteiger partial charge in [0.1, 0.15) is 19.6 Å². The molecular weight excluding hydrogens is 402 g/mol. The summed E-state index contributed by atoms with van der Waals surface area (Å²) in [6.07, 6.45) is 0.377. The minimum Gasteiger partial charge on any atom is -0.468 e. The summed E-state index contributed by atoms with van der Waals surface area (Å²) in [5.41, 5.74) is 0. The van der Waals surface area contributed by atoms with E-state index >= 15 is 0 Å². The van der Waals surface area contributed by atoms with Crippen LogP contribution in [0.25, 0.3) is 0 Å². The second-order valence-electron chi connectivity index (χ2n) is 6.68. The van der Waals surface area contributed by atoms with Crippen LogP contribution < -0.4 is 16.0 Å². The molecule has 0 spiro atoms. The lowest BCUT2D eigenvalue weighted by Gasteiger charge is -2.32. The Bertz CT molecular complexity index is 583. The third kappa shape index (κ3) is 8.05. The highest BCUT2D eigenvalue weighted by molar-refractivity contribution is 5.89. The molecule has 12 nitrogen and oxygen atoms in total. The van der Waals surface area contributed by atoms with Crippen LogP contribution in [-0.4, -0.2) is 76.6 Å². The molecule has 0 heterocycles. The van der Waals surface area contributed by atoms with Gasteiger partial charge in [0, 0.05) is 17.8 Å². The summed E-state index contributed by atoms with van der Waals surface area (Å²) in [6, 6.07) is 0. The number of esters is 3. The topological polar surface area (TPSA) is 166 Å². The number of hydrogen-bond donors (Lipinski definition) is 3. The molecule has 3 amide bonds. The summed E-state index contributed by atoms with van der Waals surface area (Å²) in [4.78, 5) is 71.1. The van der Waals surface area contributed by atoms with Crippen LogP contribution in [0.2, 0.25) is 0 Å². The smallest absolute Gasteiger partial charge is 0.325 e. The average Bonchev–Trinajstić information content (AvgIpc) is 2.77. The molecule has 1 aliphatic rings. The molecule has 0 unspecified atom stereocenters. The second kappa shape index (κ2) is 12.4. The zero-order chi connectivity index (χ0) is 22.7. The molecule has 12 heteroatoms. The van der Waals surface area contributed by atoms with Crippen LogP contribution in [0.1, 0.15) is 19.3 Å². The van der Waals surface area contributed by atoms with Crippen LogP contribution in [0.3, 0.4) is 0 Å². The zero-order valence-electron chi connectivity index (χ0n) is 17.1. The van der Waals surface area contributed by atoms with Gasteiger partial charge in [-0.1, -0.05) is 0 Å². The first-order valence-electron chi connectivity index (χ1n) is 9.25. The minimum absolute atomic E-state index is 0.126. The molecule has 3 N–H and O–H groups in total. The van der Waals surface area contributed by atoms with E-state index in [-0.39, 0.29) is 38.9 Å². The van der Waals surface area contributed by atoms with Gasteiger partial charge < -0.3 is 30.2 Å². The summed E-state index contributed by atoms with van der Waals surface area (Å²) in [6.45, 7) is -1.03. The Morgan fingerprint density at radius 1 is 0.567 bits per heavy atom. The molecule has 30 heavy (non-hydrogen) atoms. The largest absolute Gasteiger partial charge is 0.468 e. The molecule has 0 aromatic rings. The predicted octanol–water partition coefficient (Wildman–Crippen LogP) is -2.11. The molecule has 1 aliphatic carbocycles. The fraction of sp³-hybridized carbons (Fsp3) is 0.667. The number of rotatable bonds is 9. The number of methoxy groups -OCH3 is 3. The van der Waals surface area contributed by atoms with E-state index in [1.807, 2.05) is 0 Å². The van der Waals surface area contributed by atoms with Gasteiger partial charge in [0.25, 0.3) is 0 Å². The van der Waals surface area contributed by atoms with Gasteiger partial charge in [-0.15, -0.1) is 0 Å². The van der Waals surface area contributed by atoms with Crippen molar-refractivity contribution in [2.45, 2.75) is 19.3 Å². The maximum atomic E-state index is 12.4. The van der Waals surface area contributed by atoms with Gasteiger partial charge in [-0.2, -0.15) is 0 Å². The van der Waals surface area contributed by atoms with Gasteiger partial charge in [-0.3, -0.25) is 28.8 Å². The van der Waals surface area contributed by atoms with Crippen LogP contribution in [0.4, 0.5) is 0 Å². The van der Waals surface area contributed by atoms with Crippen molar-refractivity contribution in [1.29, 1.82) is 0 Å². The second-order valence-corrected chi connectivity index (χ2v) is 6.68. The molecule has 0 bridgehead atoms. The molecule has 0 atom stereocenters. The van der Waals surface area contributed by atoms with Gasteiger partial charge in [0.15, 0.2) is 0 Å². The monoisotopic (exact) mass is 429 g/mol. The number of carbonyl (C=O) groups is 6. The van der Waals surface area contributed by atoms with Crippen molar-refractivity contribution in [2.75, 3.05) is 41.0 Å². The van der Waals surface area contributed by atoms with E-state index < -0.39 is 53.4 Å². The van der Waals surface area contributed by atoms with Crippen LogP contribution >= 0.6 is 0 Å². The standard InChI is InChI=1S/C18H27N3O9/c1-28-13(22)7-19-16(25)10-4-11(17(26)20-8-14(23)29-2)6-12(5-10)18(27)21-9-15(24)30-3/h10-12H,4-9H2,1-3H3,(H,19,25)(H,20,26)(H,21,27). The van der Waals surface area contributed by atoms with E-state index in [0.717, 1.165) is 0 Å². The Hall–Kier alpha value is -3.18. The fourth-order valence-electron chi connectivity index (χ4n) is 3.09. The van der Waals surface area contributed by atoms with Crippen molar-refractivity contribution in [3.8, 4) is 0 Å². The van der Waals surface area contributed by atoms with E-state index in [4.69, 9.17) is 0 Å². The molecule has 0 aliphatic heterocycles. The molecule has 0 aromatic carbocycles. The van der Waals surface area contributed by atoms with Crippen LogP contribution in [-0.2, 0) is 43.0 Å². The molecular formula is C18H27N3O9. The molecule has 1 fully saturated rings. The third-order valence-corrected chi connectivity index (χ3v) is 4.72. The summed E-state index contributed by atoms with van der Waals surface area (Å²) in [5.74, 6) is -5.62.